The molecule has 0 spiro atoms. The fraction of sp³-hybridized carbons (Fsp3) is 0.211. The average Bonchev–Trinajstić information content (AvgIpc) is 3.22. The van der Waals surface area contributed by atoms with Crippen LogP contribution in [0.4, 0.5) is 0 Å². The van der Waals surface area contributed by atoms with E-state index in [9.17, 15) is 0 Å². The molecule has 6 nitrogen and oxygen atoms in total. The topological polar surface area (TPSA) is 66.0 Å². The van der Waals surface area contributed by atoms with Crippen LogP contribution < -0.4 is 4.74 Å². The number of benzene rings is 1. The number of pyridine rings is 1. The highest BCUT2D eigenvalue weighted by atomic mass is 16.5. The number of nitrogens with zero attached hydrogens (tertiary/aromatic N) is 4. The molecular formula is C19H16N4O2. The summed E-state index contributed by atoms with van der Waals surface area (Å²) in [5.41, 5.74) is 4.76. The third kappa shape index (κ3) is 2.00. The first-order valence-electron chi connectivity index (χ1n) is 8.21. The molecule has 1 unspecified atom stereocenters. The van der Waals surface area contributed by atoms with Crippen molar-refractivity contribution in [3.8, 4) is 16.9 Å². The van der Waals surface area contributed by atoms with Gasteiger partial charge in [-0.3, -0.25) is 4.98 Å². The van der Waals surface area contributed by atoms with Gasteiger partial charge in [-0.25, -0.2) is 4.68 Å². The van der Waals surface area contributed by atoms with Gasteiger partial charge in [-0.05, 0) is 32.0 Å². The van der Waals surface area contributed by atoms with Crippen molar-refractivity contribution in [1.82, 2.24) is 19.9 Å². The van der Waals surface area contributed by atoms with E-state index in [1.807, 2.05) is 42.9 Å². The third-order valence-corrected chi connectivity index (χ3v) is 4.73. The Morgan fingerprint density at radius 3 is 2.84 bits per heavy atom. The van der Waals surface area contributed by atoms with Crippen LogP contribution in [0.2, 0.25) is 0 Å². The van der Waals surface area contributed by atoms with Gasteiger partial charge >= 0.3 is 0 Å². The Morgan fingerprint density at radius 2 is 2.08 bits per heavy atom. The number of hydrogen-bond acceptors (Lipinski definition) is 5. The highest BCUT2D eigenvalue weighted by molar-refractivity contribution is 5.93. The molecule has 0 saturated heterocycles. The number of aryl methyl sites for hydroxylation is 2. The largest absolute Gasteiger partial charge is 0.488 e. The van der Waals surface area contributed by atoms with Gasteiger partial charge in [0.25, 0.3) is 0 Å². The van der Waals surface area contributed by atoms with Crippen LogP contribution in [0.25, 0.3) is 22.0 Å². The van der Waals surface area contributed by atoms with E-state index in [1.165, 1.54) is 0 Å². The van der Waals surface area contributed by atoms with Crippen LogP contribution >= 0.6 is 0 Å². The molecule has 0 saturated carbocycles. The second-order valence-electron chi connectivity index (χ2n) is 6.25. The average molecular weight is 332 g/mol. The third-order valence-electron chi connectivity index (χ3n) is 4.73. The number of ether oxygens (including phenoxy) is 1. The van der Waals surface area contributed by atoms with E-state index in [4.69, 9.17) is 9.26 Å². The summed E-state index contributed by atoms with van der Waals surface area (Å²) in [6.45, 7) is 4.35. The molecule has 4 heterocycles. The Bertz CT molecular complexity index is 1060. The van der Waals surface area contributed by atoms with E-state index in [-0.39, 0.29) is 6.04 Å². The fourth-order valence-electron chi connectivity index (χ4n) is 3.57. The Kier molecular flexibility index (Phi) is 2.94. The zero-order valence-corrected chi connectivity index (χ0v) is 13.9. The van der Waals surface area contributed by atoms with E-state index in [0.29, 0.717) is 6.61 Å². The molecule has 0 aliphatic carbocycles. The van der Waals surface area contributed by atoms with Crippen LogP contribution in [0, 0.1) is 13.8 Å². The summed E-state index contributed by atoms with van der Waals surface area (Å²) in [4.78, 5) is 4.48. The Balaban J connectivity index is 1.75. The summed E-state index contributed by atoms with van der Waals surface area (Å²) >= 11 is 0. The lowest BCUT2D eigenvalue weighted by atomic mass is 10.0. The fourth-order valence-corrected chi connectivity index (χ4v) is 3.57. The molecule has 3 aromatic heterocycles. The summed E-state index contributed by atoms with van der Waals surface area (Å²) in [5.74, 6) is 1.62. The minimum absolute atomic E-state index is 0.0360. The van der Waals surface area contributed by atoms with E-state index < -0.39 is 0 Å². The van der Waals surface area contributed by atoms with E-state index in [0.717, 1.165) is 44.9 Å². The molecule has 1 aromatic carbocycles. The van der Waals surface area contributed by atoms with Crippen molar-refractivity contribution in [3.63, 3.8) is 0 Å². The lowest BCUT2D eigenvalue weighted by molar-refractivity contribution is 0.247. The maximum Gasteiger partial charge on any atom is 0.153 e. The molecule has 124 valence electrons. The van der Waals surface area contributed by atoms with Crippen molar-refractivity contribution in [2.75, 3.05) is 6.61 Å². The molecule has 1 aliphatic heterocycles. The SMILES string of the molecule is Cc1noc(C)c1-c1ccc2cnn3c2c1OCC3c1ccccn1. The number of rotatable bonds is 2. The Morgan fingerprint density at radius 1 is 1.16 bits per heavy atom. The molecule has 1 atom stereocenters. The van der Waals surface area contributed by atoms with Crippen molar-refractivity contribution < 1.29 is 9.26 Å². The van der Waals surface area contributed by atoms with Crippen LogP contribution in [0.15, 0.2) is 47.2 Å². The highest BCUT2D eigenvalue weighted by Crippen LogP contribution is 2.43. The molecule has 0 fully saturated rings. The zero-order chi connectivity index (χ0) is 17.0. The quantitative estimate of drug-likeness (QED) is 0.560. The van der Waals surface area contributed by atoms with Gasteiger partial charge in [0.1, 0.15) is 23.9 Å². The lowest BCUT2D eigenvalue weighted by Crippen LogP contribution is -2.25. The van der Waals surface area contributed by atoms with E-state index >= 15 is 0 Å². The maximum absolute atomic E-state index is 6.22. The molecule has 0 amide bonds. The minimum Gasteiger partial charge on any atom is -0.488 e. The Hall–Kier alpha value is -3.15. The van der Waals surface area contributed by atoms with Crippen molar-refractivity contribution in [2.45, 2.75) is 19.9 Å². The highest BCUT2D eigenvalue weighted by Gasteiger charge is 2.29. The van der Waals surface area contributed by atoms with Gasteiger partial charge in [0, 0.05) is 17.1 Å². The minimum atomic E-state index is -0.0360. The van der Waals surface area contributed by atoms with Gasteiger partial charge in [0.2, 0.25) is 0 Å². The molecule has 5 rings (SSSR count). The van der Waals surface area contributed by atoms with Gasteiger partial charge in [-0.1, -0.05) is 17.3 Å². The summed E-state index contributed by atoms with van der Waals surface area (Å²) in [5, 5.41) is 9.73. The van der Waals surface area contributed by atoms with Gasteiger partial charge in [0.05, 0.1) is 23.1 Å². The summed E-state index contributed by atoms with van der Waals surface area (Å²) in [6, 6.07) is 9.98. The normalized spacial score (nSPS) is 16.2. The van der Waals surface area contributed by atoms with Crippen molar-refractivity contribution in [1.29, 1.82) is 0 Å². The Labute approximate surface area is 144 Å². The monoisotopic (exact) mass is 332 g/mol. The predicted molar refractivity (Wildman–Crippen MR) is 92.6 cm³/mol. The first kappa shape index (κ1) is 14.2. The molecule has 6 heteroatoms. The van der Waals surface area contributed by atoms with Gasteiger partial charge in [0.15, 0.2) is 5.75 Å². The standard InChI is InChI=1S/C19H16N4O2/c1-11-17(12(2)25-22-11)14-7-6-13-9-21-23-16(10-24-19(14)18(13)23)15-5-3-4-8-20-15/h3-9,16H,10H2,1-2H3. The number of aromatic nitrogens is 4. The van der Waals surface area contributed by atoms with Crippen LogP contribution in [0.1, 0.15) is 23.2 Å². The predicted octanol–water partition coefficient (Wildman–Crippen LogP) is 3.68. The molecule has 25 heavy (non-hydrogen) atoms. The molecule has 0 N–H and O–H groups in total. The van der Waals surface area contributed by atoms with Crippen LogP contribution in [-0.4, -0.2) is 26.5 Å². The van der Waals surface area contributed by atoms with E-state index in [1.54, 1.807) is 6.20 Å². The van der Waals surface area contributed by atoms with Crippen molar-refractivity contribution in [3.05, 3.63) is 59.9 Å². The second-order valence-corrected chi connectivity index (χ2v) is 6.25. The summed E-state index contributed by atoms with van der Waals surface area (Å²) < 4.78 is 13.6. The van der Waals surface area contributed by atoms with Crippen molar-refractivity contribution in [2.24, 2.45) is 0 Å². The summed E-state index contributed by atoms with van der Waals surface area (Å²) in [7, 11) is 0. The molecular weight excluding hydrogens is 316 g/mol. The maximum atomic E-state index is 6.22. The zero-order valence-electron chi connectivity index (χ0n) is 13.9. The van der Waals surface area contributed by atoms with Gasteiger partial charge in [-0.2, -0.15) is 5.10 Å². The van der Waals surface area contributed by atoms with Gasteiger partial charge in [-0.15, -0.1) is 0 Å². The first-order chi connectivity index (χ1) is 12.2. The van der Waals surface area contributed by atoms with Crippen LogP contribution in [0.5, 0.6) is 5.75 Å². The molecule has 0 bridgehead atoms. The van der Waals surface area contributed by atoms with Crippen LogP contribution in [-0.2, 0) is 0 Å². The number of hydrogen-bond donors (Lipinski definition) is 0. The van der Waals surface area contributed by atoms with E-state index in [2.05, 4.69) is 27.4 Å². The molecule has 0 radical (unpaired) electrons. The first-order valence-corrected chi connectivity index (χ1v) is 8.21. The van der Waals surface area contributed by atoms with Crippen LogP contribution in [0.3, 0.4) is 0 Å². The second kappa shape index (κ2) is 5.17. The lowest BCUT2D eigenvalue weighted by Gasteiger charge is -2.26. The van der Waals surface area contributed by atoms with Crippen molar-refractivity contribution >= 4 is 10.9 Å². The van der Waals surface area contributed by atoms with Gasteiger partial charge < -0.3 is 9.26 Å². The smallest absolute Gasteiger partial charge is 0.153 e. The summed E-state index contributed by atoms with van der Waals surface area (Å²) in [6.07, 6.45) is 3.67. The molecule has 4 aromatic rings. The molecule has 1 aliphatic rings.